The maximum atomic E-state index is 12.7. The maximum Gasteiger partial charge on any atom is 0.261 e. The average Bonchev–Trinajstić information content (AvgIpc) is 3.36. The van der Waals surface area contributed by atoms with Crippen LogP contribution in [0.25, 0.3) is 10.2 Å². The number of benzene rings is 1. The van der Waals surface area contributed by atoms with Gasteiger partial charge in [0.05, 0.1) is 10.3 Å². The highest BCUT2D eigenvalue weighted by atomic mass is 32.2. The van der Waals surface area contributed by atoms with Crippen LogP contribution in [0.1, 0.15) is 32.2 Å². The number of aryl methyl sites for hydroxylation is 1. The number of fused-ring (bicyclic) bond motifs is 1. The molecule has 154 valence electrons. The molecule has 1 aromatic carbocycles. The van der Waals surface area contributed by atoms with Crippen LogP contribution in [0, 0.1) is 6.92 Å². The summed E-state index contributed by atoms with van der Waals surface area (Å²) in [6.45, 7) is 2.40. The van der Waals surface area contributed by atoms with Gasteiger partial charge in [-0.3, -0.25) is 9.59 Å². The van der Waals surface area contributed by atoms with Crippen LogP contribution in [0.15, 0.2) is 52.0 Å². The molecule has 0 aliphatic rings. The Kier molecular flexibility index (Phi) is 6.66. The van der Waals surface area contributed by atoms with E-state index in [1.165, 1.54) is 16.9 Å². The highest BCUT2D eigenvalue weighted by Crippen LogP contribution is 2.27. The van der Waals surface area contributed by atoms with Crippen molar-refractivity contribution < 1.29 is 4.79 Å². The van der Waals surface area contributed by atoms with E-state index in [9.17, 15) is 9.59 Å². The van der Waals surface area contributed by atoms with Crippen molar-refractivity contribution in [1.29, 1.82) is 0 Å². The Morgan fingerprint density at radius 2 is 2.03 bits per heavy atom. The molecule has 0 aliphatic carbocycles. The number of hydrogen-bond donors (Lipinski definition) is 2. The molecule has 0 spiro atoms. The first kappa shape index (κ1) is 20.8. The van der Waals surface area contributed by atoms with Crippen molar-refractivity contribution in [2.75, 3.05) is 12.3 Å². The van der Waals surface area contributed by atoms with Crippen molar-refractivity contribution >= 4 is 50.6 Å². The second-order valence-electron chi connectivity index (χ2n) is 6.85. The second-order valence-corrected chi connectivity index (χ2v) is 9.74. The van der Waals surface area contributed by atoms with Gasteiger partial charge in [-0.1, -0.05) is 30.3 Å². The highest BCUT2D eigenvalue weighted by molar-refractivity contribution is 7.98. The Hall–Kier alpha value is -2.42. The molecule has 0 saturated carbocycles. The van der Waals surface area contributed by atoms with E-state index in [0.717, 1.165) is 17.1 Å². The number of nitrogens with zero attached hydrogens (tertiary/aromatic N) is 1. The number of H-pyrrole nitrogens is 1. The zero-order valence-electron chi connectivity index (χ0n) is 16.4. The zero-order valence-corrected chi connectivity index (χ0v) is 18.9. The molecule has 2 N–H and O–H groups in total. The van der Waals surface area contributed by atoms with Crippen LogP contribution in [0.4, 0.5) is 0 Å². The van der Waals surface area contributed by atoms with E-state index < -0.39 is 0 Å². The van der Waals surface area contributed by atoms with E-state index in [2.05, 4.69) is 32.1 Å². The Morgan fingerprint density at radius 3 is 2.80 bits per heavy atom. The molecule has 3 aromatic heterocycles. The molecule has 0 saturated heterocycles. The lowest BCUT2D eigenvalue weighted by atomic mass is 10.1. The predicted octanol–water partition coefficient (Wildman–Crippen LogP) is 4.61. The first-order chi connectivity index (χ1) is 14.6. The first-order valence-corrected chi connectivity index (χ1v) is 12.5. The second kappa shape index (κ2) is 9.59. The van der Waals surface area contributed by atoms with Crippen LogP contribution in [0.2, 0.25) is 0 Å². The van der Waals surface area contributed by atoms with Gasteiger partial charge in [0.2, 0.25) is 0 Å². The van der Waals surface area contributed by atoms with Gasteiger partial charge in [0, 0.05) is 24.5 Å². The van der Waals surface area contributed by atoms with E-state index in [-0.39, 0.29) is 11.5 Å². The van der Waals surface area contributed by atoms with E-state index in [0.29, 0.717) is 39.4 Å². The number of amides is 1. The number of aromatic nitrogens is 2. The number of nitrogens with one attached hydrogen (secondary N) is 2. The number of rotatable bonds is 8. The summed E-state index contributed by atoms with van der Waals surface area (Å²) in [5.74, 6) is 2.25. The Morgan fingerprint density at radius 1 is 1.20 bits per heavy atom. The molecule has 8 heteroatoms. The summed E-state index contributed by atoms with van der Waals surface area (Å²) < 4.78 is 0. The number of carbonyl (C=O) groups is 1. The van der Waals surface area contributed by atoms with Crippen molar-refractivity contribution in [1.82, 2.24) is 15.3 Å². The number of thiophene rings is 2. The minimum absolute atomic E-state index is 0.143. The van der Waals surface area contributed by atoms with Crippen molar-refractivity contribution in [3.63, 3.8) is 0 Å². The zero-order chi connectivity index (χ0) is 20.9. The third-order valence-corrected chi connectivity index (χ3v) is 7.60. The third kappa shape index (κ3) is 4.83. The normalized spacial score (nSPS) is 11.1. The summed E-state index contributed by atoms with van der Waals surface area (Å²) in [7, 11) is 0. The lowest BCUT2D eigenvalue weighted by Crippen LogP contribution is -2.25. The molecule has 30 heavy (non-hydrogen) atoms. The average molecular weight is 456 g/mol. The largest absolute Gasteiger partial charge is 0.351 e. The van der Waals surface area contributed by atoms with Gasteiger partial charge in [-0.05, 0) is 40.4 Å². The molecular weight excluding hydrogens is 434 g/mol. The van der Waals surface area contributed by atoms with Crippen LogP contribution in [0.3, 0.4) is 0 Å². The summed E-state index contributed by atoms with van der Waals surface area (Å²) in [6.07, 6.45) is 0.547. The Bertz CT molecular complexity index is 1200. The van der Waals surface area contributed by atoms with Gasteiger partial charge >= 0.3 is 0 Å². The molecule has 0 bridgehead atoms. The van der Waals surface area contributed by atoms with Crippen molar-refractivity contribution in [2.45, 2.75) is 19.1 Å². The number of aromatic amines is 1. The smallest absolute Gasteiger partial charge is 0.261 e. The van der Waals surface area contributed by atoms with Crippen molar-refractivity contribution in [2.24, 2.45) is 0 Å². The molecule has 4 rings (SSSR count). The van der Waals surface area contributed by atoms with E-state index >= 15 is 0 Å². The highest BCUT2D eigenvalue weighted by Gasteiger charge is 2.19. The Balaban J connectivity index is 1.43. The van der Waals surface area contributed by atoms with Gasteiger partial charge in [0.15, 0.2) is 0 Å². The number of thioether (sulfide) groups is 1. The maximum absolute atomic E-state index is 12.7. The lowest BCUT2D eigenvalue weighted by Gasteiger charge is -2.04. The Labute approximate surface area is 186 Å². The van der Waals surface area contributed by atoms with Gasteiger partial charge in [-0.25, -0.2) is 4.98 Å². The lowest BCUT2D eigenvalue weighted by molar-refractivity contribution is 0.0960. The van der Waals surface area contributed by atoms with Gasteiger partial charge in [0.1, 0.15) is 10.7 Å². The molecule has 0 fully saturated rings. The standard InChI is InChI=1S/C22H21N3O2S3/c1-14-18-20(26)24-17(11-15-5-3-2-4-6-15)25-22(18)30-19(14)21(27)23-8-10-29-13-16-7-9-28-12-16/h2-7,9,12H,8,10-11,13H2,1H3,(H,23,27)(H,24,25,26). The summed E-state index contributed by atoms with van der Waals surface area (Å²) in [5, 5.41) is 7.69. The van der Waals surface area contributed by atoms with Gasteiger partial charge in [-0.15, -0.1) is 11.3 Å². The molecule has 4 aromatic rings. The molecular formula is C22H21N3O2S3. The van der Waals surface area contributed by atoms with Gasteiger partial charge in [0.25, 0.3) is 11.5 Å². The monoisotopic (exact) mass is 455 g/mol. The molecule has 0 aliphatic heterocycles. The van der Waals surface area contributed by atoms with Crippen molar-refractivity contribution in [3.05, 3.63) is 84.9 Å². The fourth-order valence-corrected chi connectivity index (χ4v) is 5.86. The van der Waals surface area contributed by atoms with Crippen LogP contribution in [-0.2, 0) is 12.2 Å². The van der Waals surface area contributed by atoms with Crippen molar-refractivity contribution in [3.8, 4) is 0 Å². The molecule has 5 nitrogen and oxygen atoms in total. The first-order valence-electron chi connectivity index (χ1n) is 9.55. The molecule has 1 amide bonds. The summed E-state index contributed by atoms with van der Waals surface area (Å²) in [6, 6.07) is 12.0. The number of carbonyl (C=O) groups excluding carboxylic acids is 1. The van der Waals surface area contributed by atoms with Crippen LogP contribution < -0.4 is 10.9 Å². The minimum Gasteiger partial charge on any atom is -0.351 e. The summed E-state index contributed by atoms with van der Waals surface area (Å²) >= 11 is 4.77. The van der Waals surface area contributed by atoms with E-state index in [4.69, 9.17) is 0 Å². The molecule has 3 heterocycles. The van der Waals surface area contributed by atoms with E-state index in [1.54, 1.807) is 23.1 Å². The predicted molar refractivity (Wildman–Crippen MR) is 127 cm³/mol. The van der Waals surface area contributed by atoms with Gasteiger partial charge in [-0.2, -0.15) is 23.1 Å². The fourth-order valence-electron chi connectivity index (χ4n) is 3.16. The van der Waals surface area contributed by atoms with Gasteiger partial charge < -0.3 is 10.3 Å². The molecule has 0 atom stereocenters. The van der Waals surface area contributed by atoms with E-state index in [1.807, 2.05) is 37.3 Å². The molecule has 0 radical (unpaired) electrons. The number of hydrogen-bond acceptors (Lipinski definition) is 6. The fraction of sp³-hybridized carbons (Fsp3) is 0.227. The quantitative estimate of drug-likeness (QED) is 0.381. The SMILES string of the molecule is Cc1c(C(=O)NCCSCc2ccsc2)sc2nc(Cc3ccccc3)[nH]c(=O)c12. The van der Waals surface area contributed by atoms with Crippen LogP contribution in [0.5, 0.6) is 0 Å². The third-order valence-electron chi connectivity index (χ3n) is 4.65. The van der Waals surface area contributed by atoms with Crippen LogP contribution in [-0.4, -0.2) is 28.2 Å². The molecule has 0 unspecified atom stereocenters. The topological polar surface area (TPSA) is 74.8 Å². The van der Waals surface area contributed by atoms with Crippen LogP contribution >= 0.6 is 34.4 Å². The summed E-state index contributed by atoms with van der Waals surface area (Å²) in [4.78, 5) is 34.0. The minimum atomic E-state index is -0.190. The summed E-state index contributed by atoms with van der Waals surface area (Å²) in [5.41, 5.74) is 2.89.